The number of aromatic nitrogens is 2. The maximum Gasteiger partial charge on any atom is 0.218 e. The van der Waals surface area contributed by atoms with Crippen LogP contribution in [0.1, 0.15) is 5.56 Å². The summed E-state index contributed by atoms with van der Waals surface area (Å²) in [6.45, 7) is 4.79. The Balaban J connectivity index is 1.35. The molecule has 10 heteroatoms. The van der Waals surface area contributed by atoms with Crippen LogP contribution in [0.2, 0.25) is 0 Å². The predicted octanol–water partition coefficient (Wildman–Crippen LogP) is 1.10. The fourth-order valence-electron chi connectivity index (χ4n) is 3.57. The van der Waals surface area contributed by atoms with Crippen molar-refractivity contribution in [2.75, 3.05) is 62.3 Å². The molecule has 8 nitrogen and oxygen atoms in total. The van der Waals surface area contributed by atoms with E-state index in [2.05, 4.69) is 15.1 Å². The maximum atomic E-state index is 13.3. The summed E-state index contributed by atoms with van der Waals surface area (Å²) >= 11 is 0. The van der Waals surface area contributed by atoms with Crippen molar-refractivity contribution in [2.45, 2.75) is 5.75 Å². The van der Waals surface area contributed by atoms with Crippen LogP contribution in [0.5, 0.6) is 0 Å². The minimum atomic E-state index is -3.49. The number of hydrogen-bond donors (Lipinski definition) is 0. The van der Waals surface area contributed by atoms with Crippen molar-refractivity contribution in [1.29, 1.82) is 0 Å². The molecule has 2 fully saturated rings. The Kier molecular flexibility index (Phi) is 5.93. The lowest BCUT2D eigenvalue weighted by atomic mass is 10.2. The van der Waals surface area contributed by atoms with Crippen molar-refractivity contribution in [3.05, 3.63) is 47.8 Å². The number of ether oxygens (including phenoxy) is 1. The summed E-state index contributed by atoms with van der Waals surface area (Å²) in [7, 11) is -3.49. The largest absolute Gasteiger partial charge is 0.378 e. The van der Waals surface area contributed by atoms with Gasteiger partial charge in [-0.15, -0.1) is 10.2 Å². The van der Waals surface area contributed by atoms with Crippen LogP contribution in [-0.4, -0.2) is 75.4 Å². The second kappa shape index (κ2) is 8.60. The van der Waals surface area contributed by atoms with Crippen molar-refractivity contribution in [3.63, 3.8) is 0 Å². The highest BCUT2D eigenvalue weighted by atomic mass is 32.2. The van der Waals surface area contributed by atoms with Gasteiger partial charge >= 0.3 is 0 Å². The van der Waals surface area contributed by atoms with Crippen LogP contribution in [0.3, 0.4) is 0 Å². The maximum absolute atomic E-state index is 13.3. The molecule has 0 saturated carbocycles. The van der Waals surface area contributed by atoms with Gasteiger partial charge in [0.2, 0.25) is 10.0 Å². The first-order chi connectivity index (χ1) is 14.0. The van der Waals surface area contributed by atoms with Crippen molar-refractivity contribution in [3.8, 4) is 0 Å². The van der Waals surface area contributed by atoms with E-state index in [1.807, 2.05) is 17.0 Å². The quantitative estimate of drug-likeness (QED) is 0.715. The highest BCUT2D eigenvalue weighted by Crippen LogP contribution is 2.19. The monoisotopic (exact) mass is 421 g/mol. The first kappa shape index (κ1) is 20.0. The molecular weight excluding hydrogens is 397 g/mol. The topological polar surface area (TPSA) is 78.9 Å². The molecule has 1 aromatic carbocycles. The van der Waals surface area contributed by atoms with Gasteiger partial charge < -0.3 is 14.5 Å². The first-order valence-corrected chi connectivity index (χ1v) is 11.3. The fraction of sp³-hybridized carbons (Fsp3) is 0.474. The lowest BCUT2D eigenvalue weighted by Crippen LogP contribution is -2.49. The molecule has 2 aromatic rings. The molecule has 0 atom stereocenters. The standard InChI is InChI=1S/C19H24FN5O3S/c20-17-3-1-2-16(14-17)15-29(26,27)25-8-6-23(7-9-25)18-4-5-19(22-21-18)24-10-12-28-13-11-24/h1-5,14H,6-13,15H2. The summed E-state index contributed by atoms with van der Waals surface area (Å²) in [6, 6.07) is 9.59. The lowest BCUT2D eigenvalue weighted by molar-refractivity contribution is 0.122. The molecule has 2 aliphatic rings. The van der Waals surface area contributed by atoms with Gasteiger partial charge in [0, 0.05) is 39.3 Å². The summed E-state index contributed by atoms with van der Waals surface area (Å²) in [6.07, 6.45) is 0. The molecule has 0 amide bonds. The number of benzene rings is 1. The summed E-state index contributed by atoms with van der Waals surface area (Å²) in [5.74, 6) is 0.942. The van der Waals surface area contributed by atoms with Crippen molar-refractivity contribution < 1.29 is 17.5 Å². The van der Waals surface area contributed by atoms with Gasteiger partial charge in [-0.25, -0.2) is 12.8 Å². The third-order valence-electron chi connectivity index (χ3n) is 5.17. The molecule has 0 unspecified atom stereocenters. The van der Waals surface area contributed by atoms with Crippen LogP contribution in [-0.2, 0) is 20.5 Å². The van der Waals surface area contributed by atoms with E-state index in [0.29, 0.717) is 45.0 Å². The second-order valence-corrected chi connectivity index (χ2v) is 9.09. The Hall–Kier alpha value is -2.30. The van der Waals surface area contributed by atoms with Gasteiger partial charge in [0.15, 0.2) is 11.6 Å². The van der Waals surface area contributed by atoms with Gasteiger partial charge in [-0.1, -0.05) is 12.1 Å². The van der Waals surface area contributed by atoms with Crippen molar-refractivity contribution in [1.82, 2.24) is 14.5 Å². The molecule has 3 heterocycles. The number of anilines is 2. The molecule has 0 bridgehead atoms. The Labute approximate surface area is 169 Å². The Morgan fingerprint density at radius 3 is 2.10 bits per heavy atom. The summed E-state index contributed by atoms with van der Waals surface area (Å²) < 4.78 is 45.5. The van der Waals surface area contributed by atoms with E-state index < -0.39 is 15.8 Å². The van der Waals surface area contributed by atoms with E-state index in [1.54, 1.807) is 6.07 Å². The zero-order valence-corrected chi connectivity index (χ0v) is 16.9. The van der Waals surface area contributed by atoms with Crippen LogP contribution < -0.4 is 9.80 Å². The van der Waals surface area contributed by atoms with Crippen LogP contribution in [0.25, 0.3) is 0 Å². The van der Waals surface area contributed by atoms with E-state index >= 15 is 0 Å². The zero-order valence-electron chi connectivity index (χ0n) is 16.1. The van der Waals surface area contributed by atoms with Gasteiger partial charge in [-0.05, 0) is 29.8 Å². The molecule has 0 radical (unpaired) electrons. The van der Waals surface area contributed by atoms with E-state index in [1.165, 1.54) is 22.5 Å². The molecular formula is C19H24FN5O3S. The van der Waals surface area contributed by atoms with Crippen LogP contribution >= 0.6 is 0 Å². The Morgan fingerprint density at radius 2 is 1.52 bits per heavy atom. The summed E-state index contributed by atoms with van der Waals surface area (Å²) in [5.41, 5.74) is 0.456. The average Bonchev–Trinajstić information content (AvgIpc) is 2.74. The van der Waals surface area contributed by atoms with Gasteiger partial charge in [-0.3, -0.25) is 0 Å². The van der Waals surface area contributed by atoms with E-state index in [-0.39, 0.29) is 5.75 Å². The van der Waals surface area contributed by atoms with Crippen molar-refractivity contribution >= 4 is 21.7 Å². The van der Waals surface area contributed by atoms with E-state index in [4.69, 9.17) is 4.74 Å². The summed E-state index contributed by atoms with van der Waals surface area (Å²) in [5, 5.41) is 8.65. The second-order valence-electron chi connectivity index (χ2n) is 7.12. The number of halogens is 1. The lowest BCUT2D eigenvalue weighted by Gasteiger charge is -2.34. The molecule has 156 valence electrons. The van der Waals surface area contributed by atoms with E-state index in [9.17, 15) is 12.8 Å². The number of rotatable bonds is 5. The molecule has 29 heavy (non-hydrogen) atoms. The number of piperazine rings is 1. The number of morpholine rings is 1. The van der Waals surface area contributed by atoms with Gasteiger partial charge in [-0.2, -0.15) is 4.31 Å². The first-order valence-electron chi connectivity index (χ1n) is 9.65. The molecule has 2 aliphatic heterocycles. The highest BCUT2D eigenvalue weighted by molar-refractivity contribution is 7.88. The molecule has 1 aromatic heterocycles. The number of nitrogens with zero attached hydrogens (tertiary/aromatic N) is 5. The molecule has 4 rings (SSSR count). The number of hydrogen-bond acceptors (Lipinski definition) is 7. The van der Waals surface area contributed by atoms with Crippen LogP contribution in [0, 0.1) is 5.82 Å². The van der Waals surface area contributed by atoms with Gasteiger partial charge in [0.25, 0.3) is 0 Å². The average molecular weight is 421 g/mol. The van der Waals surface area contributed by atoms with Crippen LogP contribution in [0.4, 0.5) is 16.0 Å². The highest BCUT2D eigenvalue weighted by Gasteiger charge is 2.28. The molecule has 0 N–H and O–H groups in total. The predicted molar refractivity (Wildman–Crippen MR) is 108 cm³/mol. The Morgan fingerprint density at radius 1 is 0.897 bits per heavy atom. The number of sulfonamides is 1. The molecule has 0 spiro atoms. The van der Waals surface area contributed by atoms with E-state index in [0.717, 1.165) is 24.7 Å². The van der Waals surface area contributed by atoms with Gasteiger partial charge in [0.05, 0.1) is 19.0 Å². The summed E-state index contributed by atoms with van der Waals surface area (Å²) in [4.78, 5) is 4.17. The fourth-order valence-corrected chi connectivity index (χ4v) is 5.07. The Bertz CT molecular complexity index is 927. The normalized spacial score (nSPS) is 18.8. The third kappa shape index (κ3) is 4.82. The van der Waals surface area contributed by atoms with Crippen molar-refractivity contribution in [2.24, 2.45) is 0 Å². The smallest absolute Gasteiger partial charge is 0.218 e. The zero-order chi connectivity index (χ0) is 20.3. The SMILES string of the molecule is O=S(=O)(Cc1cccc(F)c1)N1CCN(c2ccc(N3CCOCC3)nn2)CC1. The third-order valence-corrected chi connectivity index (χ3v) is 7.02. The minimum absolute atomic E-state index is 0.196. The molecule has 0 aliphatic carbocycles. The van der Waals surface area contributed by atoms with Gasteiger partial charge in [0.1, 0.15) is 5.82 Å². The van der Waals surface area contributed by atoms with Crippen LogP contribution in [0.15, 0.2) is 36.4 Å². The minimum Gasteiger partial charge on any atom is -0.378 e. The molecule has 2 saturated heterocycles.